The molecule has 1 aliphatic rings. The number of imide groups is 3. The Morgan fingerprint density at radius 3 is 2.12 bits per heavy atom. The number of hydrogen-bond donors (Lipinski definition) is 0. The van der Waals surface area contributed by atoms with Gasteiger partial charge >= 0.3 is 0 Å². The van der Waals surface area contributed by atoms with Gasteiger partial charge in [0.1, 0.15) is 0 Å². The minimum absolute atomic E-state index is 0.266. The molecular formula is C12H10INO3. The lowest BCUT2D eigenvalue weighted by Crippen LogP contribution is -2.44. The summed E-state index contributed by atoms with van der Waals surface area (Å²) in [6.45, 7) is 0. The van der Waals surface area contributed by atoms with Gasteiger partial charge in [0, 0.05) is 22.0 Å². The molecule has 0 spiro atoms. The Bertz CT molecular complexity index is 465. The summed E-state index contributed by atoms with van der Waals surface area (Å²) >= 11 is 2.12. The average Bonchev–Trinajstić information content (AvgIpc) is 2.29. The van der Waals surface area contributed by atoms with Crippen LogP contribution in [0.3, 0.4) is 0 Å². The molecule has 1 fully saturated rings. The van der Waals surface area contributed by atoms with Crippen molar-refractivity contribution >= 4 is 40.3 Å². The van der Waals surface area contributed by atoms with Crippen LogP contribution < -0.4 is 0 Å². The SMILES string of the molecule is O=C1CCCC(=O)N1C(=O)c1ccc(I)cc1. The second-order valence-electron chi connectivity index (χ2n) is 3.79. The molecule has 0 N–H and O–H groups in total. The molecule has 0 radical (unpaired) electrons. The number of hydrogen-bond acceptors (Lipinski definition) is 3. The summed E-state index contributed by atoms with van der Waals surface area (Å²) in [7, 11) is 0. The Hall–Kier alpha value is -1.24. The van der Waals surface area contributed by atoms with Crippen LogP contribution in [0, 0.1) is 3.57 Å². The normalized spacial score (nSPS) is 16.2. The number of carbonyl (C=O) groups is 3. The van der Waals surface area contributed by atoms with Gasteiger partial charge in [-0.1, -0.05) is 0 Å². The molecule has 17 heavy (non-hydrogen) atoms. The van der Waals surface area contributed by atoms with Crippen LogP contribution in [0.1, 0.15) is 29.6 Å². The highest BCUT2D eigenvalue weighted by Crippen LogP contribution is 2.16. The Morgan fingerprint density at radius 1 is 1.06 bits per heavy atom. The predicted molar refractivity (Wildman–Crippen MR) is 69.2 cm³/mol. The molecule has 1 heterocycles. The molecule has 0 aliphatic carbocycles. The third-order valence-electron chi connectivity index (χ3n) is 2.57. The summed E-state index contributed by atoms with van der Waals surface area (Å²) in [5.41, 5.74) is 0.369. The van der Waals surface area contributed by atoms with Crippen LogP contribution in [-0.2, 0) is 9.59 Å². The van der Waals surface area contributed by atoms with Crippen molar-refractivity contribution in [3.63, 3.8) is 0 Å². The molecule has 0 aromatic heterocycles. The first-order chi connectivity index (χ1) is 8.09. The van der Waals surface area contributed by atoms with Crippen LogP contribution >= 0.6 is 22.6 Å². The molecular weight excluding hydrogens is 333 g/mol. The fourth-order valence-corrected chi connectivity index (χ4v) is 2.06. The quantitative estimate of drug-likeness (QED) is 0.579. The van der Waals surface area contributed by atoms with Crippen LogP contribution in [0.15, 0.2) is 24.3 Å². The predicted octanol–water partition coefficient (Wildman–Crippen LogP) is 1.97. The molecule has 0 unspecified atom stereocenters. The molecule has 5 heteroatoms. The maximum atomic E-state index is 12.0. The number of halogens is 1. The Kier molecular flexibility index (Phi) is 3.56. The van der Waals surface area contributed by atoms with E-state index in [0.29, 0.717) is 12.0 Å². The van der Waals surface area contributed by atoms with Crippen LogP contribution in [0.2, 0.25) is 0 Å². The van der Waals surface area contributed by atoms with Crippen molar-refractivity contribution in [3.05, 3.63) is 33.4 Å². The van der Waals surface area contributed by atoms with E-state index in [-0.39, 0.29) is 12.8 Å². The highest BCUT2D eigenvalue weighted by atomic mass is 127. The van der Waals surface area contributed by atoms with E-state index in [1.165, 1.54) is 0 Å². The van der Waals surface area contributed by atoms with Gasteiger partial charge in [0.15, 0.2) is 0 Å². The Morgan fingerprint density at radius 2 is 1.59 bits per heavy atom. The van der Waals surface area contributed by atoms with Gasteiger partial charge < -0.3 is 0 Å². The lowest BCUT2D eigenvalue weighted by molar-refractivity contribution is -0.144. The zero-order valence-corrected chi connectivity index (χ0v) is 11.1. The van der Waals surface area contributed by atoms with E-state index in [1.807, 2.05) is 0 Å². The zero-order chi connectivity index (χ0) is 12.4. The maximum Gasteiger partial charge on any atom is 0.267 e. The summed E-state index contributed by atoms with van der Waals surface area (Å²) in [4.78, 5) is 35.9. The second-order valence-corrected chi connectivity index (χ2v) is 5.03. The molecule has 1 aliphatic heterocycles. The summed E-state index contributed by atoms with van der Waals surface area (Å²) in [5.74, 6) is -1.31. The van der Waals surface area contributed by atoms with Gasteiger partial charge in [-0.05, 0) is 53.3 Å². The lowest BCUT2D eigenvalue weighted by Gasteiger charge is -2.22. The molecule has 0 atom stereocenters. The Labute approximate surface area is 112 Å². The highest BCUT2D eigenvalue weighted by Gasteiger charge is 2.32. The third kappa shape index (κ3) is 2.54. The molecule has 0 saturated carbocycles. The lowest BCUT2D eigenvalue weighted by atomic mass is 10.1. The summed E-state index contributed by atoms with van der Waals surface area (Å²) < 4.78 is 0.996. The molecule has 2 rings (SSSR count). The molecule has 88 valence electrons. The number of piperidine rings is 1. The van der Waals surface area contributed by atoms with Crippen molar-refractivity contribution in [3.8, 4) is 0 Å². The molecule has 1 saturated heterocycles. The average molecular weight is 343 g/mol. The first-order valence-electron chi connectivity index (χ1n) is 5.25. The molecule has 1 aromatic rings. The number of likely N-dealkylation sites (tertiary alicyclic amines) is 1. The largest absolute Gasteiger partial charge is 0.274 e. The van der Waals surface area contributed by atoms with Gasteiger partial charge in [-0.2, -0.15) is 0 Å². The topological polar surface area (TPSA) is 54.5 Å². The summed E-state index contributed by atoms with van der Waals surface area (Å²) in [6, 6.07) is 6.79. The van der Waals surface area contributed by atoms with Gasteiger partial charge in [0.2, 0.25) is 11.8 Å². The van der Waals surface area contributed by atoms with Crippen molar-refractivity contribution in [2.75, 3.05) is 0 Å². The van der Waals surface area contributed by atoms with Crippen molar-refractivity contribution < 1.29 is 14.4 Å². The fourth-order valence-electron chi connectivity index (χ4n) is 1.70. The maximum absolute atomic E-state index is 12.0. The molecule has 4 nitrogen and oxygen atoms in total. The zero-order valence-electron chi connectivity index (χ0n) is 8.98. The number of benzene rings is 1. The second kappa shape index (κ2) is 4.95. The van der Waals surface area contributed by atoms with Crippen molar-refractivity contribution in [1.82, 2.24) is 4.90 Å². The van der Waals surface area contributed by atoms with E-state index in [1.54, 1.807) is 24.3 Å². The molecule has 3 amide bonds. The van der Waals surface area contributed by atoms with Gasteiger partial charge in [0.25, 0.3) is 5.91 Å². The van der Waals surface area contributed by atoms with Crippen LogP contribution in [0.5, 0.6) is 0 Å². The number of amides is 3. The summed E-state index contributed by atoms with van der Waals surface area (Å²) in [6.07, 6.45) is 1.07. The van der Waals surface area contributed by atoms with Crippen LogP contribution in [0.25, 0.3) is 0 Å². The van der Waals surface area contributed by atoms with Gasteiger partial charge in [-0.15, -0.1) is 0 Å². The van der Waals surface area contributed by atoms with Crippen LogP contribution in [-0.4, -0.2) is 22.6 Å². The molecule has 0 bridgehead atoms. The Balaban J connectivity index is 2.27. The van der Waals surface area contributed by atoms with E-state index in [4.69, 9.17) is 0 Å². The fraction of sp³-hybridized carbons (Fsp3) is 0.250. The van der Waals surface area contributed by atoms with Gasteiger partial charge in [-0.3, -0.25) is 14.4 Å². The first kappa shape index (κ1) is 12.2. The van der Waals surface area contributed by atoms with Crippen molar-refractivity contribution in [2.24, 2.45) is 0 Å². The monoisotopic (exact) mass is 343 g/mol. The minimum atomic E-state index is -0.518. The van der Waals surface area contributed by atoms with Gasteiger partial charge in [-0.25, -0.2) is 4.90 Å². The minimum Gasteiger partial charge on any atom is -0.274 e. The molecule has 1 aromatic carbocycles. The standard InChI is InChI=1S/C12H10INO3/c13-9-6-4-8(5-7-9)12(17)14-10(15)2-1-3-11(14)16/h4-7H,1-3H2. The summed E-state index contributed by atoms with van der Waals surface area (Å²) in [5, 5.41) is 0. The highest BCUT2D eigenvalue weighted by molar-refractivity contribution is 14.1. The van der Waals surface area contributed by atoms with Crippen LogP contribution in [0.4, 0.5) is 0 Å². The van der Waals surface area contributed by atoms with Crippen molar-refractivity contribution in [2.45, 2.75) is 19.3 Å². The van der Waals surface area contributed by atoms with E-state index in [9.17, 15) is 14.4 Å². The van der Waals surface area contributed by atoms with E-state index in [0.717, 1.165) is 8.47 Å². The first-order valence-corrected chi connectivity index (χ1v) is 6.33. The third-order valence-corrected chi connectivity index (χ3v) is 3.29. The number of nitrogens with zero attached hydrogens (tertiary/aromatic N) is 1. The van der Waals surface area contributed by atoms with E-state index >= 15 is 0 Å². The van der Waals surface area contributed by atoms with E-state index < -0.39 is 17.7 Å². The number of rotatable bonds is 1. The van der Waals surface area contributed by atoms with Crippen molar-refractivity contribution in [1.29, 1.82) is 0 Å². The van der Waals surface area contributed by atoms with E-state index in [2.05, 4.69) is 22.6 Å². The number of carbonyl (C=O) groups excluding carboxylic acids is 3. The smallest absolute Gasteiger partial charge is 0.267 e. The van der Waals surface area contributed by atoms with Gasteiger partial charge in [0.05, 0.1) is 0 Å².